The van der Waals surface area contributed by atoms with Gasteiger partial charge in [0.2, 0.25) is 0 Å². The third-order valence-corrected chi connectivity index (χ3v) is 4.32. The van der Waals surface area contributed by atoms with Crippen LogP contribution < -0.4 is 14.8 Å². The van der Waals surface area contributed by atoms with Gasteiger partial charge in [0.25, 0.3) is 0 Å². The van der Waals surface area contributed by atoms with E-state index in [1.807, 2.05) is 30.3 Å². The van der Waals surface area contributed by atoms with Crippen LogP contribution in [0.1, 0.15) is 24.0 Å². The van der Waals surface area contributed by atoms with Crippen LogP contribution in [0.25, 0.3) is 0 Å². The lowest BCUT2D eigenvalue weighted by molar-refractivity contribution is -0.676. The van der Waals surface area contributed by atoms with E-state index in [-0.39, 0.29) is 0 Å². The molecule has 2 aromatic rings. The first-order chi connectivity index (χ1) is 11.9. The van der Waals surface area contributed by atoms with Crippen LogP contribution in [0.2, 0.25) is 0 Å². The van der Waals surface area contributed by atoms with Crippen LogP contribution in [-0.4, -0.2) is 26.4 Å². The molecule has 1 heterocycles. The van der Waals surface area contributed by atoms with Gasteiger partial charge in [0.05, 0.1) is 12.7 Å². The lowest BCUT2D eigenvalue weighted by Gasteiger charge is -2.15. The van der Waals surface area contributed by atoms with Crippen molar-refractivity contribution in [3.8, 4) is 11.5 Å². The predicted molar refractivity (Wildman–Crippen MR) is 93.2 cm³/mol. The van der Waals surface area contributed by atoms with E-state index in [1.165, 1.54) is 12.8 Å². The van der Waals surface area contributed by atoms with Crippen molar-refractivity contribution in [2.24, 2.45) is 0 Å². The second-order valence-electron chi connectivity index (χ2n) is 6.09. The number of ether oxygens (including phenoxy) is 3. The van der Waals surface area contributed by atoms with E-state index in [1.54, 1.807) is 7.11 Å². The molecule has 1 saturated heterocycles. The van der Waals surface area contributed by atoms with Gasteiger partial charge in [0.1, 0.15) is 25.8 Å². The normalized spacial score (nSPS) is 17.0. The van der Waals surface area contributed by atoms with Gasteiger partial charge < -0.3 is 19.5 Å². The Morgan fingerprint density at radius 2 is 2.00 bits per heavy atom. The SMILES string of the molecule is COc1cccc(C[NH2+]C[C@@H]2CCCO2)c1OCc1ccccc1. The largest absolute Gasteiger partial charge is 0.493 e. The summed E-state index contributed by atoms with van der Waals surface area (Å²) in [5, 5.41) is 2.29. The monoisotopic (exact) mass is 328 g/mol. The third kappa shape index (κ3) is 4.49. The lowest BCUT2D eigenvalue weighted by atomic mass is 10.1. The van der Waals surface area contributed by atoms with Gasteiger partial charge >= 0.3 is 0 Å². The molecule has 0 unspecified atom stereocenters. The molecule has 0 radical (unpaired) electrons. The van der Waals surface area contributed by atoms with E-state index in [0.29, 0.717) is 12.7 Å². The molecule has 2 aromatic carbocycles. The molecule has 1 fully saturated rings. The Morgan fingerprint density at radius 1 is 1.12 bits per heavy atom. The summed E-state index contributed by atoms with van der Waals surface area (Å²) in [4.78, 5) is 0. The number of para-hydroxylation sites is 1. The molecule has 24 heavy (non-hydrogen) atoms. The summed E-state index contributed by atoms with van der Waals surface area (Å²) in [6.07, 6.45) is 2.75. The average molecular weight is 328 g/mol. The summed E-state index contributed by atoms with van der Waals surface area (Å²) in [6.45, 7) is 3.31. The standard InChI is InChI=1S/C20H25NO3/c1-22-19-11-5-9-17(13-21-14-18-10-6-12-23-18)20(19)24-15-16-7-3-2-4-8-16/h2-5,7-9,11,18,21H,6,10,12-15H2,1H3/p+1/t18-/m0/s1. The first-order valence-corrected chi connectivity index (χ1v) is 8.62. The fraction of sp³-hybridized carbons (Fsp3) is 0.400. The molecule has 0 aliphatic carbocycles. The molecule has 0 spiro atoms. The van der Waals surface area contributed by atoms with Crippen LogP contribution in [0.3, 0.4) is 0 Å². The van der Waals surface area contributed by atoms with Crippen LogP contribution in [0.15, 0.2) is 48.5 Å². The van der Waals surface area contributed by atoms with Gasteiger partial charge in [-0.1, -0.05) is 36.4 Å². The number of nitrogens with two attached hydrogens (primary N) is 1. The van der Waals surface area contributed by atoms with E-state index in [0.717, 1.165) is 42.3 Å². The minimum atomic E-state index is 0.393. The molecule has 1 atom stereocenters. The van der Waals surface area contributed by atoms with Crippen molar-refractivity contribution in [3.63, 3.8) is 0 Å². The molecule has 3 rings (SSSR count). The van der Waals surface area contributed by atoms with Crippen LogP contribution in [-0.2, 0) is 17.9 Å². The highest BCUT2D eigenvalue weighted by atomic mass is 16.5. The predicted octanol–water partition coefficient (Wildman–Crippen LogP) is 2.52. The van der Waals surface area contributed by atoms with Gasteiger partial charge in [-0.2, -0.15) is 0 Å². The van der Waals surface area contributed by atoms with Gasteiger partial charge in [-0.15, -0.1) is 0 Å². The van der Waals surface area contributed by atoms with Crippen LogP contribution in [0, 0.1) is 0 Å². The van der Waals surface area contributed by atoms with Gasteiger partial charge in [-0.3, -0.25) is 0 Å². The minimum Gasteiger partial charge on any atom is -0.493 e. The van der Waals surface area contributed by atoms with Crippen molar-refractivity contribution < 1.29 is 19.5 Å². The highest BCUT2D eigenvalue weighted by Crippen LogP contribution is 2.31. The Balaban J connectivity index is 1.63. The molecule has 0 aromatic heterocycles. The van der Waals surface area contributed by atoms with Crippen molar-refractivity contribution in [1.29, 1.82) is 0 Å². The van der Waals surface area contributed by atoms with Crippen LogP contribution >= 0.6 is 0 Å². The Hall–Kier alpha value is -2.04. The zero-order chi connectivity index (χ0) is 16.6. The van der Waals surface area contributed by atoms with Crippen molar-refractivity contribution in [2.45, 2.75) is 32.1 Å². The molecule has 0 bridgehead atoms. The van der Waals surface area contributed by atoms with Gasteiger partial charge in [0, 0.05) is 6.61 Å². The van der Waals surface area contributed by atoms with Crippen LogP contribution in [0.5, 0.6) is 11.5 Å². The van der Waals surface area contributed by atoms with E-state index >= 15 is 0 Å². The highest BCUT2D eigenvalue weighted by molar-refractivity contribution is 5.46. The molecule has 4 heteroatoms. The summed E-state index contributed by atoms with van der Waals surface area (Å²) < 4.78 is 17.3. The average Bonchev–Trinajstić information content (AvgIpc) is 3.14. The maximum atomic E-state index is 6.09. The first kappa shape index (κ1) is 16.8. The van der Waals surface area contributed by atoms with Gasteiger partial charge in [-0.05, 0) is 30.5 Å². The van der Waals surface area contributed by atoms with E-state index in [2.05, 4.69) is 23.5 Å². The third-order valence-electron chi connectivity index (χ3n) is 4.32. The number of hydrogen-bond acceptors (Lipinski definition) is 3. The van der Waals surface area contributed by atoms with Crippen LogP contribution in [0.4, 0.5) is 0 Å². The fourth-order valence-electron chi connectivity index (χ4n) is 3.03. The number of methoxy groups -OCH3 is 1. The summed E-state index contributed by atoms with van der Waals surface area (Å²) in [5.41, 5.74) is 2.31. The first-order valence-electron chi connectivity index (χ1n) is 8.62. The van der Waals surface area contributed by atoms with Crippen molar-refractivity contribution in [1.82, 2.24) is 0 Å². The molecule has 0 amide bonds. The molecule has 128 valence electrons. The van der Waals surface area contributed by atoms with E-state index in [4.69, 9.17) is 14.2 Å². The minimum absolute atomic E-state index is 0.393. The summed E-state index contributed by atoms with van der Waals surface area (Å²) in [6, 6.07) is 16.3. The van der Waals surface area contributed by atoms with E-state index in [9.17, 15) is 0 Å². The Labute approximate surface area is 143 Å². The summed E-state index contributed by atoms with van der Waals surface area (Å²) in [5.74, 6) is 1.63. The Morgan fingerprint density at radius 3 is 2.75 bits per heavy atom. The van der Waals surface area contributed by atoms with Crippen molar-refractivity contribution in [2.75, 3.05) is 20.3 Å². The number of hydrogen-bond donors (Lipinski definition) is 1. The maximum Gasteiger partial charge on any atom is 0.170 e. The zero-order valence-corrected chi connectivity index (χ0v) is 14.2. The fourth-order valence-corrected chi connectivity index (χ4v) is 3.03. The summed E-state index contributed by atoms with van der Waals surface area (Å²) in [7, 11) is 1.69. The number of quaternary nitrogens is 1. The van der Waals surface area contributed by atoms with E-state index < -0.39 is 0 Å². The molecule has 2 N–H and O–H groups in total. The quantitative estimate of drug-likeness (QED) is 0.810. The Bertz CT molecular complexity index is 624. The molecular weight excluding hydrogens is 302 g/mol. The number of rotatable bonds is 8. The zero-order valence-electron chi connectivity index (χ0n) is 14.2. The van der Waals surface area contributed by atoms with Crippen molar-refractivity contribution >= 4 is 0 Å². The topological polar surface area (TPSA) is 44.3 Å². The molecular formula is C20H26NO3+. The van der Waals surface area contributed by atoms with Crippen molar-refractivity contribution in [3.05, 3.63) is 59.7 Å². The molecule has 0 saturated carbocycles. The second kappa shape index (κ2) is 8.71. The lowest BCUT2D eigenvalue weighted by Crippen LogP contribution is -2.84. The second-order valence-corrected chi connectivity index (χ2v) is 6.09. The Kier molecular flexibility index (Phi) is 6.10. The number of benzene rings is 2. The summed E-state index contributed by atoms with van der Waals surface area (Å²) >= 11 is 0. The maximum absolute atomic E-state index is 6.09. The van der Waals surface area contributed by atoms with Gasteiger partial charge in [-0.25, -0.2) is 0 Å². The molecule has 4 nitrogen and oxygen atoms in total. The smallest absolute Gasteiger partial charge is 0.170 e. The molecule has 1 aliphatic rings. The highest BCUT2D eigenvalue weighted by Gasteiger charge is 2.18. The molecule has 1 aliphatic heterocycles. The van der Waals surface area contributed by atoms with Gasteiger partial charge in [0.15, 0.2) is 11.5 Å².